The zero-order valence-electron chi connectivity index (χ0n) is 30.4. The fourth-order valence-electron chi connectivity index (χ4n) is 5.13. The lowest BCUT2D eigenvalue weighted by Crippen LogP contribution is -2.29. The summed E-state index contributed by atoms with van der Waals surface area (Å²) in [5, 5.41) is 0. The summed E-state index contributed by atoms with van der Waals surface area (Å²) in [5.74, 6) is -0.818. The highest BCUT2D eigenvalue weighted by molar-refractivity contribution is 7.47. The Labute approximate surface area is 288 Å². The average molecular weight is 687 g/mol. The van der Waals surface area contributed by atoms with Crippen molar-refractivity contribution in [2.75, 3.05) is 19.8 Å². The van der Waals surface area contributed by atoms with E-state index in [1.54, 1.807) is 6.92 Å². The first-order chi connectivity index (χ1) is 22.8. The normalized spacial score (nSPS) is 13.7. The lowest BCUT2D eigenvalue weighted by Gasteiger charge is -2.19. The maximum absolute atomic E-state index is 12.5. The van der Waals surface area contributed by atoms with Crippen LogP contribution in [0, 0.1) is 0 Å². The van der Waals surface area contributed by atoms with Crippen molar-refractivity contribution < 1.29 is 37.6 Å². The highest BCUT2D eigenvalue weighted by Gasteiger charge is 2.25. The van der Waals surface area contributed by atoms with Crippen LogP contribution in [-0.4, -0.2) is 42.8 Å². The third-order valence-electron chi connectivity index (χ3n) is 7.98. The summed E-state index contributed by atoms with van der Waals surface area (Å²) in [6.45, 7) is 5.40. The molecule has 0 heterocycles. The van der Waals surface area contributed by atoms with E-state index >= 15 is 0 Å². The van der Waals surface area contributed by atoms with Crippen LogP contribution in [0.4, 0.5) is 0 Å². The fraction of sp³-hybridized carbons (Fsp3) is 0.842. The molecule has 0 aliphatic carbocycles. The first-order valence-corrected chi connectivity index (χ1v) is 20.6. The topological polar surface area (TPSA) is 108 Å². The van der Waals surface area contributed by atoms with Crippen molar-refractivity contribution in [2.24, 2.45) is 0 Å². The van der Waals surface area contributed by atoms with Gasteiger partial charge >= 0.3 is 19.8 Å². The van der Waals surface area contributed by atoms with Crippen LogP contribution in [0.15, 0.2) is 24.3 Å². The van der Waals surface area contributed by atoms with Crippen LogP contribution in [0.3, 0.4) is 0 Å². The Morgan fingerprint density at radius 2 is 0.979 bits per heavy atom. The predicted octanol–water partition coefficient (Wildman–Crippen LogP) is 11.5. The molecule has 0 aromatic rings. The smallest absolute Gasteiger partial charge is 0.462 e. The van der Waals surface area contributed by atoms with Crippen molar-refractivity contribution in [1.82, 2.24) is 0 Å². The quantitative estimate of drug-likeness (QED) is 0.0304. The van der Waals surface area contributed by atoms with Crippen LogP contribution in [0.25, 0.3) is 0 Å². The minimum absolute atomic E-state index is 0.00157. The van der Waals surface area contributed by atoms with Crippen LogP contribution in [0.2, 0.25) is 0 Å². The molecule has 0 rings (SSSR count). The highest BCUT2D eigenvalue weighted by atomic mass is 31.2. The van der Waals surface area contributed by atoms with Gasteiger partial charge in [0.15, 0.2) is 6.10 Å². The van der Waals surface area contributed by atoms with Gasteiger partial charge in [-0.25, -0.2) is 4.57 Å². The summed E-state index contributed by atoms with van der Waals surface area (Å²) in [5.41, 5.74) is 0. The zero-order valence-corrected chi connectivity index (χ0v) is 31.3. The fourth-order valence-corrected chi connectivity index (χ4v) is 5.89. The molecule has 0 fully saturated rings. The molecule has 0 aliphatic heterocycles. The van der Waals surface area contributed by atoms with E-state index in [4.69, 9.17) is 18.5 Å². The van der Waals surface area contributed by atoms with Gasteiger partial charge < -0.3 is 14.4 Å². The third kappa shape index (κ3) is 34.2. The molecule has 0 saturated carbocycles. The van der Waals surface area contributed by atoms with Crippen LogP contribution in [-0.2, 0) is 32.7 Å². The number of unbranched alkanes of at least 4 members (excludes halogenated alkanes) is 19. The second kappa shape index (κ2) is 34.4. The van der Waals surface area contributed by atoms with E-state index in [0.717, 1.165) is 77.0 Å². The number of carbonyl (C=O) groups excluding carboxylic acids is 2. The number of ether oxygens (including phenoxy) is 2. The molecule has 2 atom stereocenters. The maximum Gasteiger partial charge on any atom is 0.472 e. The van der Waals surface area contributed by atoms with E-state index in [2.05, 4.69) is 38.2 Å². The largest absolute Gasteiger partial charge is 0.472 e. The molecule has 276 valence electrons. The molecule has 0 spiro atoms. The molecule has 47 heavy (non-hydrogen) atoms. The zero-order chi connectivity index (χ0) is 34.7. The van der Waals surface area contributed by atoms with E-state index in [1.165, 1.54) is 64.2 Å². The van der Waals surface area contributed by atoms with E-state index in [1.807, 2.05) is 0 Å². The summed E-state index contributed by atoms with van der Waals surface area (Å²) in [7, 11) is -4.27. The van der Waals surface area contributed by atoms with Crippen LogP contribution < -0.4 is 0 Å². The number of phosphoric ester groups is 1. The van der Waals surface area contributed by atoms with Crippen molar-refractivity contribution in [3.8, 4) is 0 Å². The van der Waals surface area contributed by atoms with Crippen molar-refractivity contribution in [1.29, 1.82) is 0 Å². The van der Waals surface area contributed by atoms with Gasteiger partial charge in [-0.15, -0.1) is 0 Å². The molecule has 0 saturated heterocycles. The number of allylic oxidation sites excluding steroid dienone is 4. The molecule has 9 heteroatoms. The second-order valence-corrected chi connectivity index (χ2v) is 14.0. The molecular formula is C38H71O8P. The lowest BCUT2D eigenvalue weighted by molar-refractivity contribution is -0.161. The number of esters is 2. The molecule has 0 aliphatic rings. The van der Waals surface area contributed by atoms with Gasteiger partial charge in [0, 0.05) is 12.8 Å². The molecule has 1 N–H and O–H groups in total. The van der Waals surface area contributed by atoms with Gasteiger partial charge in [-0.1, -0.05) is 128 Å². The average Bonchev–Trinajstić information content (AvgIpc) is 3.04. The number of carbonyl (C=O) groups is 2. The Morgan fingerprint density at radius 1 is 0.553 bits per heavy atom. The molecule has 0 radical (unpaired) electrons. The monoisotopic (exact) mass is 686 g/mol. The Hall–Kier alpha value is -1.47. The molecular weight excluding hydrogens is 615 g/mol. The Morgan fingerprint density at radius 3 is 1.47 bits per heavy atom. The maximum atomic E-state index is 12.5. The SMILES string of the molecule is CCCC/C=C\CCCCCCCC(=O)OCC(COP(=O)(O)OCC)OC(=O)CCCCCCC/C=C\CCCCCCCCC. The summed E-state index contributed by atoms with van der Waals surface area (Å²) in [4.78, 5) is 34.5. The van der Waals surface area contributed by atoms with Gasteiger partial charge in [0.1, 0.15) is 6.61 Å². The van der Waals surface area contributed by atoms with Crippen molar-refractivity contribution in [3.63, 3.8) is 0 Å². The second-order valence-electron chi connectivity index (χ2n) is 12.6. The number of phosphoric acid groups is 1. The Bertz CT molecular complexity index is 829. The Balaban J connectivity index is 4.16. The van der Waals surface area contributed by atoms with E-state index in [0.29, 0.717) is 6.42 Å². The molecule has 2 unspecified atom stereocenters. The van der Waals surface area contributed by atoms with Gasteiger partial charge in [-0.2, -0.15) is 0 Å². The highest BCUT2D eigenvalue weighted by Crippen LogP contribution is 2.43. The minimum atomic E-state index is -4.27. The van der Waals surface area contributed by atoms with E-state index < -0.39 is 26.5 Å². The summed E-state index contributed by atoms with van der Waals surface area (Å²) >= 11 is 0. The van der Waals surface area contributed by atoms with Crippen molar-refractivity contribution in [3.05, 3.63) is 24.3 Å². The lowest BCUT2D eigenvalue weighted by atomic mass is 10.1. The van der Waals surface area contributed by atoms with Gasteiger partial charge in [0.25, 0.3) is 0 Å². The standard InChI is InChI=1S/C38H71O8P/c1-4-7-9-11-13-15-17-18-19-20-21-23-25-27-29-31-33-38(40)46-36(35-45-47(41,42)44-6-3)34-43-37(39)32-30-28-26-24-22-16-14-12-10-8-5-2/h12,14,19-20,36H,4-11,13,15-18,21-35H2,1-3H3,(H,41,42)/b14-12-,20-19-. The predicted molar refractivity (Wildman–Crippen MR) is 193 cm³/mol. The van der Waals surface area contributed by atoms with Gasteiger partial charge in [-0.3, -0.25) is 18.6 Å². The summed E-state index contributed by atoms with van der Waals surface area (Å²) in [6, 6.07) is 0. The Kier molecular flexibility index (Phi) is 33.3. The number of rotatable bonds is 35. The van der Waals surface area contributed by atoms with Crippen molar-refractivity contribution in [2.45, 2.75) is 187 Å². The van der Waals surface area contributed by atoms with E-state index in [-0.39, 0.29) is 32.0 Å². The number of hydrogen-bond acceptors (Lipinski definition) is 7. The molecule has 8 nitrogen and oxygen atoms in total. The van der Waals surface area contributed by atoms with E-state index in [9.17, 15) is 19.0 Å². The summed E-state index contributed by atoms with van der Waals surface area (Å²) in [6.07, 6.45) is 35.2. The molecule has 0 aromatic heterocycles. The first kappa shape index (κ1) is 45.5. The molecule has 0 amide bonds. The third-order valence-corrected chi connectivity index (χ3v) is 9.04. The number of hydrogen-bond donors (Lipinski definition) is 1. The minimum Gasteiger partial charge on any atom is -0.462 e. The van der Waals surface area contributed by atoms with Crippen LogP contribution in [0.5, 0.6) is 0 Å². The van der Waals surface area contributed by atoms with Crippen LogP contribution in [0.1, 0.15) is 181 Å². The molecule has 0 aromatic carbocycles. The van der Waals surface area contributed by atoms with Gasteiger partial charge in [0.2, 0.25) is 0 Å². The van der Waals surface area contributed by atoms with Gasteiger partial charge in [-0.05, 0) is 64.7 Å². The van der Waals surface area contributed by atoms with Gasteiger partial charge in [0.05, 0.1) is 13.2 Å². The summed E-state index contributed by atoms with van der Waals surface area (Å²) < 4.78 is 32.5. The van der Waals surface area contributed by atoms with Crippen molar-refractivity contribution >= 4 is 19.8 Å². The molecule has 0 bridgehead atoms. The van der Waals surface area contributed by atoms with Crippen LogP contribution >= 0.6 is 7.82 Å². The first-order valence-electron chi connectivity index (χ1n) is 19.1.